The van der Waals surface area contributed by atoms with Gasteiger partial charge in [-0.3, -0.25) is 0 Å². The van der Waals surface area contributed by atoms with Gasteiger partial charge in [0, 0.05) is 17.8 Å². The molecule has 0 aliphatic carbocycles. The topological polar surface area (TPSA) is 70.6 Å². The smallest absolute Gasteiger partial charge is 0.140 e. The summed E-state index contributed by atoms with van der Waals surface area (Å²) in [6.07, 6.45) is 1.58. The van der Waals surface area contributed by atoms with Crippen LogP contribution in [0.3, 0.4) is 0 Å². The van der Waals surface area contributed by atoms with Gasteiger partial charge >= 0.3 is 0 Å². The Morgan fingerprint density at radius 2 is 2.33 bits per heavy atom. The molecule has 84 valence electrons. The highest BCUT2D eigenvalue weighted by Crippen LogP contribution is 2.21. The zero-order valence-corrected chi connectivity index (χ0v) is 10.6. The molecule has 0 fully saturated rings. The van der Waals surface area contributed by atoms with Crippen LogP contribution in [-0.2, 0) is 6.42 Å². The van der Waals surface area contributed by atoms with E-state index in [1.807, 2.05) is 0 Å². The quantitative estimate of drug-likeness (QED) is 0.246. The Hall–Kier alpha value is -0.590. The van der Waals surface area contributed by atoms with Gasteiger partial charge in [-0.05, 0) is 41.0 Å². The van der Waals surface area contributed by atoms with E-state index in [4.69, 9.17) is 10.9 Å². The number of nitrogens with two attached hydrogens (primary N) is 1. The van der Waals surface area contributed by atoms with E-state index in [2.05, 4.69) is 38.5 Å². The molecule has 0 aromatic carbocycles. The first kappa shape index (κ1) is 12.5. The molecule has 1 aromatic heterocycles. The third-order valence-electron chi connectivity index (χ3n) is 1.86. The summed E-state index contributed by atoms with van der Waals surface area (Å²) in [6, 6.07) is 4.16. The zero-order valence-electron chi connectivity index (χ0n) is 8.24. The molecule has 0 radical (unpaired) electrons. The van der Waals surface area contributed by atoms with Crippen molar-refractivity contribution >= 4 is 33.1 Å². The highest BCUT2D eigenvalue weighted by atomic mass is 79.9. The van der Waals surface area contributed by atoms with E-state index in [1.165, 1.54) is 4.88 Å². The first-order chi connectivity index (χ1) is 7.22. The number of nitrogens with zero attached hydrogens (tertiary/aromatic N) is 1. The van der Waals surface area contributed by atoms with Crippen LogP contribution in [0.5, 0.6) is 0 Å². The van der Waals surface area contributed by atoms with Crippen LogP contribution >= 0.6 is 27.3 Å². The molecule has 0 spiro atoms. The van der Waals surface area contributed by atoms with Gasteiger partial charge < -0.3 is 16.3 Å². The largest absolute Gasteiger partial charge is 0.409 e. The van der Waals surface area contributed by atoms with Crippen LogP contribution in [0.2, 0.25) is 0 Å². The molecule has 1 rings (SSSR count). The molecule has 0 saturated heterocycles. The number of amidine groups is 1. The Morgan fingerprint density at radius 1 is 1.53 bits per heavy atom. The molecular formula is C9H14BrN3OS. The number of hydrogen-bond acceptors (Lipinski definition) is 4. The van der Waals surface area contributed by atoms with Gasteiger partial charge in [-0.2, -0.15) is 0 Å². The minimum Gasteiger partial charge on any atom is -0.409 e. The number of oxime groups is 1. The Balaban J connectivity index is 2.07. The predicted molar refractivity (Wildman–Crippen MR) is 66.6 cm³/mol. The van der Waals surface area contributed by atoms with Crippen molar-refractivity contribution < 1.29 is 5.21 Å². The molecule has 1 aromatic rings. The molecule has 15 heavy (non-hydrogen) atoms. The summed E-state index contributed by atoms with van der Waals surface area (Å²) in [5.74, 6) is 0.265. The third-order valence-corrected chi connectivity index (χ3v) is 3.55. The summed E-state index contributed by atoms with van der Waals surface area (Å²) < 4.78 is 1.16. The van der Waals surface area contributed by atoms with Crippen molar-refractivity contribution in [3.63, 3.8) is 0 Å². The van der Waals surface area contributed by atoms with E-state index in [-0.39, 0.29) is 5.84 Å². The maximum atomic E-state index is 8.30. The van der Waals surface area contributed by atoms with Crippen molar-refractivity contribution in [3.8, 4) is 0 Å². The molecule has 0 bridgehead atoms. The molecule has 4 N–H and O–H groups in total. The minimum absolute atomic E-state index is 0.265. The van der Waals surface area contributed by atoms with Crippen LogP contribution in [0.1, 0.15) is 11.3 Å². The normalized spacial score (nSPS) is 11.9. The van der Waals surface area contributed by atoms with Crippen LogP contribution < -0.4 is 11.1 Å². The van der Waals surface area contributed by atoms with Gasteiger partial charge in [0.2, 0.25) is 0 Å². The highest BCUT2D eigenvalue weighted by Gasteiger charge is 1.97. The maximum absolute atomic E-state index is 8.30. The van der Waals surface area contributed by atoms with Gasteiger partial charge in [0.25, 0.3) is 0 Å². The fraction of sp³-hybridized carbons (Fsp3) is 0.444. The standard InChI is InChI=1S/C9H14BrN3OS/c10-8-2-1-7(15-8)3-5-12-6-4-9(11)13-14/h1-2,12,14H,3-6H2,(H2,11,13). The maximum Gasteiger partial charge on any atom is 0.140 e. The van der Waals surface area contributed by atoms with Gasteiger partial charge in [0.15, 0.2) is 0 Å². The van der Waals surface area contributed by atoms with Crippen LogP contribution in [0.4, 0.5) is 0 Å². The van der Waals surface area contributed by atoms with E-state index in [0.29, 0.717) is 6.42 Å². The number of rotatable bonds is 6. The van der Waals surface area contributed by atoms with E-state index in [0.717, 1.165) is 23.3 Å². The highest BCUT2D eigenvalue weighted by molar-refractivity contribution is 9.11. The van der Waals surface area contributed by atoms with E-state index >= 15 is 0 Å². The summed E-state index contributed by atoms with van der Waals surface area (Å²) in [4.78, 5) is 1.35. The Kier molecular flexibility index (Phi) is 5.67. The first-order valence-corrected chi connectivity index (χ1v) is 6.24. The Bertz CT molecular complexity index is 327. The molecule has 0 amide bonds. The monoisotopic (exact) mass is 291 g/mol. The number of nitrogens with one attached hydrogen (secondary N) is 1. The van der Waals surface area contributed by atoms with Crippen LogP contribution in [0, 0.1) is 0 Å². The summed E-state index contributed by atoms with van der Waals surface area (Å²) >= 11 is 5.17. The molecule has 0 aliphatic heterocycles. The van der Waals surface area contributed by atoms with E-state index < -0.39 is 0 Å². The average molecular weight is 292 g/mol. The van der Waals surface area contributed by atoms with E-state index in [1.54, 1.807) is 11.3 Å². The fourth-order valence-electron chi connectivity index (χ4n) is 1.09. The van der Waals surface area contributed by atoms with Gasteiger partial charge in [-0.25, -0.2) is 0 Å². The minimum atomic E-state index is 0.265. The van der Waals surface area contributed by atoms with Gasteiger partial charge in [-0.1, -0.05) is 5.16 Å². The van der Waals surface area contributed by atoms with Crippen LogP contribution in [0.25, 0.3) is 0 Å². The molecule has 0 aliphatic rings. The second-order valence-corrected chi connectivity index (χ2v) is 5.59. The summed E-state index contributed by atoms with van der Waals surface area (Å²) in [6.45, 7) is 1.65. The summed E-state index contributed by atoms with van der Waals surface area (Å²) in [5.41, 5.74) is 5.33. The molecule has 1 heterocycles. The summed E-state index contributed by atoms with van der Waals surface area (Å²) in [5, 5.41) is 14.4. The van der Waals surface area contributed by atoms with Crippen LogP contribution in [0.15, 0.2) is 21.1 Å². The van der Waals surface area contributed by atoms with Crippen molar-refractivity contribution in [1.29, 1.82) is 0 Å². The number of halogens is 1. The first-order valence-electron chi connectivity index (χ1n) is 4.63. The number of thiophene rings is 1. The van der Waals surface area contributed by atoms with Gasteiger partial charge in [-0.15, -0.1) is 11.3 Å². The fourth-order valence-corrected chi connectivity index (χ4v) is 2.57. The lowest BCUT2D eigenvalue weighted by molar-refractivity contribution is 0.316. The second kappa shape index (κ2) is 6.81. The Morgan fingerprint density at radius 3 is 2.93 bits per heavy atom. The summed E-state index contributed by atoms with van der Waals surface area (Å²) in [7, 11) is 0. The lowest BCUT2D eigenvalue weighted by atomic mass is 10.3. The predicted octanol–water partition coefficient (Wildman–Crippen LogP) is 1.78. The van der Waals surface area contributed by atoms with Crippen molar-refractivity contribution in [2.45, 2.75) is 12.8 Å². The Labute approximate surface area is 101 Å². The van der Waals surface area contributed by atoms with Crippen LogP contribution in [-0.4, -0.2) is 24.1 Å². The van der Waals surface area contributed by atoms with Gasteiger partial charge in [0.1, 0.15) is 5.84 Å². The molecule has 4 nitrogen and oxygen atoms in total. The lowest BCUT2D eigenvalue weighted by Gasteiger charge is -2.02. The van der Waals surface area contributed by atoms with E-state index in [9.17, 15) is 0 Å². The lowest BCUT2D eigenvalue weighted by Crippen LogP contribution is -2.23. The SMILES string of the molecule is N/C(CCNCCc1ccc(Br)s1)=N/O. The third kappa shape index (κ3) is 5.15. The van der Waals surface area contributed by atoms with Crippen molar-refractivity contribution in [1.82, 2.24) is 5.32 Å². The van der Waals surface area contributed by atoms with Crippen molar-refractivity contribution in [2.24, 2.45) is 10.9 Å². The van der Waals surface area contributed by atoms with Gasteiger partial charge in [0.05, 0.1) is 3.79 Å². The molecule has 0 unspecified atom stereocenters. The van der Waals surface area contributed by atoms with Crippen molar-refractivity contribution in [2.75, 3.05) is 13.1 Å². The zero-order chi connectivity index (χ0) is 11.1. The molecule has 0 saturated carbocycles. The van der Waals surface area contributed by atoms with Crippen molar-refractivity contribution in [3.05, 3.63) is 20.8 Å². The molecule has 6 heteroatoms. The average Bonchev–Trinajstić information content (AvgIpc) is 2.63. The molecule has 0 atom stereocenters. The number of hydrogen-bond donors (Lipinski definition) is 3. The molecular weight excluding hydrogens is 278 g/mol. The second-order valence-electron chi connectivity index (χ2n) is 3.05.